The number of rotatable bonds is 2. The fourth-order valence-electron chi connectivity index (χ4n) is 1.41. The number of hydrogen-bond donors (Lipinski definition) is 2. The molecule has 0 radical (unpaired) electrons. The molecule has 0 saturated heterocycles. The van der Waals surface area contributed by atoms with Crippen molar-refractivity contribution in [2.24, 2.45) is 10.7 Å². The van der Waals surface area contributed by atoms with E-state index in [1.165, 1.54) is 0 Å². The van der Waals surface area contributed by atoms with Gasteiger partial charge in [0.2, 0.25) is 0 Å². The van der Waals surface area contributed by atoms with Gasteiger partial charge in [0.25, 0.3) is 0 Å². The fraction of sp³-hybridized carbons (Fsp3) is 0.667. The van der Waals surface area contributed by atoms with Crippen LogP contribution in [0.25, 0.3) is 0 Å². The molecular weight excluding hydrogens is 207 g/mol. The largest absolute Gasteiger partial charge is 0.417 e. The number of dihydropyridines is 1. The van der Waals surface area contributed by atoms with Crippen molar-refractivity contribution in [3.8, 4) is 0 Å². The lowest BCUT2D eigenvalue weighted by molar-refractivity contribution is -0.0862. The number of nitrogens with two attached hydrogens (primary N) is 1. The summed E-state index contributed by atoms with van der Waals surface area (Å²) >= 11 is 0. The fourth-order valence-corrected chi connectivity index (χ4v) is 1.41. The summed E-state index contributed by atoms with van der Waals surface area (Å²) in [4.78, 5) is 3.79. The van der Waals surface area contributed by atoms with Crippen LogP contribution < -0.4 is 11.1 Å². The Labute approximate surface area is 85.2 Å². The molecule has 0 aromatic heterocycles. The standard InChI is InChI=1S/C9H12F3N3/c10-9(11,12)5-3-7(13)8(14-4-5)15-6-1-2-6/h3-4,6-8,15H,1-2,13H2. The van der Waals surface area contributed by atoms with Gasteiger partial charge in [-0.05, 0) is 12.8 Å². The van der Waals surface area contributed by atoms with Crippen LogP contribution >= 0.6 is 0 Å². The first-order valence-corrected chi connectivity index (χ1v) is 4.80. The predicted molar refractivity (Wildman–Crippen MR) is 50.6 cm³/mol. The van der Waals surface area contributed by atoms with E-state index in [2.05, 4.69) is 10.3 Å². The Morgan fingerprint density at radius 2 is 2.07 bits per heavy atom. The Bertz CT molecular complexity index is 304. The summed E-state index contributed by atoms with van der Waals surface area (Å²) < 4.78 is 36.8. The Morgan fingerprint density at radius 1 is 1.40 bits per heavy atom. The van der Waals surface area contributed by atoms with E-state index in [4.69, 9.17) is 5.73 Å². The summed E-state index contributed by atoms with van der Waals surface area (Å²) in [5, 5.41) is 3.08. The minimum atomic E-state index is -4.36. The lowest BCUT2D eigenvalue weighted by Crippen LogP contribution is -2.46. The summed E-state index contributed by atoms with van der Waals surface area (Å²) in [6.45, 7) is 0. The minimum absolute atomic E-state index is 0.374. The number of nitrogens with one attached hydrogen (secondary N) is 1. The number of hydrogen-bond acceptors (Lipinski definition) is 3. The van der Waals surface area contributed by atoms with Gasteiger partial charge in [-0.25, -0.2) is 0 Å². The van der Waals surface area contributed by atoms with E-state index in [0.717, 1.165) is 25.1 Å². The smallest absolute Gasteiger partial charge is 0.322 e. The minimum Gasteiger partial charge on any atom is -0.322 e. The molecule has 15 heavy (non-hydrogen) atoms. The molecule has 0 bridgehead atoms. The molecule has 3 nitrogen and oxygen atoms in total. The van der Waals surface area contributed by atoms with E-state index < -0.39 is 24.0 Å². The van der Waals surface area contributed by atoms with Crippen molar-refractivity contribution in [2.45, 2.75) is 37.3 Å². The molecule has 0 amide bonds. The summed E-state index contributed by atoms with van der Waals surface area (Å²) in [7, 11) is 0. The average Bonchev–Trinajstić information content (AvgIpc) is 2.90. The van der Waals surface area contributed by atoms with Crippen molar-refractivity contribution in [3.63, 3.8) is 0 Å². The van der Waals surface area contributed by atoms with Crippen molar-refractivity contribution >= 4 is 6.21 Å². The second kappa shape index (κ2) is 3.61. The first-order chi connectivity index (χ1) is 6.97. The number of alkyl halides is 3. The number of nitrogens with zero attached hydrogens (tertiary/aromatic N) is 1. The van der Waals surface area contributed by atoms with E-state index in [-0.39, 0.29) is 0 Å². The van der Waals surface area contributed by atoms with Crippen LogP contribution in [-0.4, -0.2) is 30.6 Å². The molecule has 2 unspecified atom stereocenters. The molecule has 3 N–H and O–H groups in total. The van der Waals surface area contributed by atoms with Crippen molar-refractivity contribution in [1.82, 2.24) is 5.32 Å². The molecule has 2 aliphatic rings. The van der Waals surface area contributed by atoms with Crippen molar-refractivity contribution in [1.29, 1.82) is 0 Å². The van der Waals surface area contributed by atoms with Gasteiger partial charge in [-0.15, -0.1) is 0 Å². The van der Waals surface area contributed by atoms with Crippen LogP contribution in [0.4, 0.5) is 13.2 Å². The molecular formula is C9H12F3N3. The van der Waals surface area contributed by atoms with Gasteiger partial charge in [0.05, 0.1) is 11.6 Å². The average molecular weight is 219 g/mol. The third kappa shape index (κ3) is 2.57. The van der Waals surface area contributed by atoms with Gasteiger partial charge < -0.3 is 5.73 Å². The number of aliphatic imine (C=N–C) groups is 1. The topological polar surface area (TPSA) is 50.4 Å². The first-order valence-electron chi connectivity index (χ1n) is 4.80. The first kappa shape index (κ1) is 10.6. The highest BCUT2D eigenvalue weighted by Gasteiger charge is 2.36. The van der Waals surface area contributed by atoms with Crippen LogP contribution in [0, 0.1) is 0 Å². The van der Waals surface area contributed by atoms with Gasteiger partial charge in [0.15, 0.2) is 0 Å². The van der Waals surface area contributed by atoms with E-state index in [1.54, 1.807) is 0 Å². The predicted octanol–water partition coefficient (Wildman–Crippen LogP) is 0.965. The summed E-state index contributed by atoms with van der Waals surface area (Å²) in [5.74, 6) is 0. The van der Waals surface area contributed by atoms with Crippen LogP contribution in [0.1, 0.15) is 12.8 Å². The molecule has 2 rings (SSSR count). The van der Waals surface area contributed by atoms with E-state index in [1.807, 2.05) is 0 Å². The molecule has 1 aliphatic heterocycles. The summed E-state index contributed by atoms with van der Waals surface area (Å²) in [6.07, 6.45) is -0.797. The van der Waals surface area contributed by atoms with Crippen molar-refractivity contribution in [3.05, 3.63) is 11.6 Å². The third-order valence-electron chi connectivity index (χ3n) is 2.42. The maximum atomic E-state index is 12.3. The van der Waals surface area contributed by atoms with E-state index in [0.29, 0.717) is 6.04 Å². The second-order valence-corrected chi connectivity index (χ2v) is 3.86. The van der Waals surface area contributed by atoms with E-state index in [9.17, 15) is 13.2 Å². The van der Waals surface area contributed by atoms with Crippen LogP contribution in [0.5, 0.6) is 0 Å². The molecule has 0 spiro atoms. The Kier molecular flexibility index (Phi) is 2.56. The molecule has 1 fully saturated rings. The molecule has 2 atom stereocenters. The maximum absolute atomic E-state index is 12.3. The molecule has 6 heteroatoms. The van der Waals surface area contributed by atoms with Gasteiger partial charge in [-0.1, -0.05) is 6.08 Å². The van der Waals surface area contributed by atoms with Crippen LogP contribution in [0.2, 0.25) is 0 Å². The lowest BCUT2D eigenvalue weighted by Gasteiger charge is -2.23. The zero-order valence-electron chi connectivity index (χ0n) is 7.96. The molecule has 84 valence electrons. The van der Waals surface area contributed by atoms with Gasteiger partial charge in [0.1, 0.15) is 6.17 Å². The Morgan fingerprint density at radius 3 is 2.53 bits per heavy atom. The van der Waals surface area contributed by atoms with Crippen molar-refractivity contribution < 1.29 is 13.2 Å². The quantitative estimate of drug-likeness (QED) is 0.727. The maximum Gasteiger partial charge on any atom is 0.417 e. The molecule has 1 aliphatic carbocycles. The molecule has 1 heterocycles. The summed E-state index contributed by atoms with van der Waals surface area (Å²) in [5.41, 5.74) is 4.83. The highest BCUT2D eigenvalue weighted by Crippen LogP contribution is 2.27. The van der Waals surface area contributed by atoms with Crippen LogP contribution in [0.15, 0.2) is 16.6 Å². The van der Waals surface area contributed by atoms with Crippen LogP contribution in [0.3, 0.4) is 0 Å². The van der Waals surface area contributed by atoms with Gasteiger partial charge in [-0.2, -0.15) is 13.2 Å². The Balaban J connectivity index is 2.01. The highest BCUT2D eigenvalue weighted by atomic mass is 19.4. The zero-order chi connectivity index (χ0) is 11.1. The highest BCUT2D eigenvalue weighted by molar-refractivity contribution is 5.81. The SMILES string of the molecule is NC1C=C(C(F)(F)F)C=NC1NC1CC1. The molecule has 1 saturated carbocycles. The van der Waals surface area contributed by atoms with Gasteiger partial charge in [-0.3, -0.25) is 10.3 Å². The zero-order valence-corrected chi connectivity index (χ0v) is 7.96. The lowest BCUT2D eigenvalue weighted by atomic mass is 10.1. The normalized spacial score (nSPS) is 31.6. The molecule has 0 aromatic carbocycles. The van der Waals surface area contributed by atoms with Crippen LogP contribution in [-0.2, 0) is 0 Å². The van der Waals surface area contributed by atoms with Gasteiger partial charge >= 0.3 is 6.18 Å². The molecule has 0 aromatic rings. The number of halogens is 3. The third-order valence-corrected chi connectivity index (χ3v) is 2.42. The second-order valence-electron chi connectivity index (χ2n) is 3.86. The van der Waals surface area contributed by atoms with Crippen molar-refractivity contribution in [2.75, 3.05) is 0 Å². The van der Waals surface area contributed by atoms with Gasteiger partial charge in [0, 0.05) is 12.3 Å². The van der Waals surface area contributed by atoms with E-state index >= 15 is 0 Å². The summed E-state index contributed by atoms with van der Waals surface area (Å²) in [6, 6.07) is -0.328. The Hall–Kier alpha value is -0.880. The number of allylic oxidation sites excluding steroid dienone is 1. The monoisotopic (exact) mass is 219 g/mol.